The van der Waals surface area contributed by atoms with Crippen molar-refractivity contribution in [1.29, 1.82) is 0 Å². The fourth-order valence-corrected chi connectivity index (χ4v) is 6.34. The fourth-order valence-electron chi connectivity index (χ4n) is 6.34. The predicted molar refractivity (Wildman–Crippen MR) is 155 cm³/mol. The molecule has 1 aromatic heterocycles. The van der Waals surface area contributed by atoms with E-state index in [1.54, 1.807) is 0 Å². The highest BCUT2D eigenvalue weighted by molar-refractivity contribution is 5.92. The van der Waals surface area contributed by atoms with Crippen LogP contribution in [-0.2, 0) is 19.3 Å². The van der Waals surface area contributed by atoms with Crippen LogP contribution in [0.1, 0.15) is 23.1 Å². The second kappa shape index (κ2) is 11.0. The largest absolute Gasteiger partial charge is 0.367 e. The van der Waals surface area contributed by atoms with Crippen LogP contribution in [0.25, 0.3) is 10.9 Å². The van der Waals surface area contributed by atoms with Gasteiger partial charge in [-0.05, 0) is 78.5 Å². The molecule has 184 valence electrons. The number of fused-ring (bicyclic) bond motifs is 1. The van der Waals surface area contributed by atoms with Gasteiger partial charge in [-0.2, -0.15) is 0 Å². The van der Waals surface area contributed by atoms with E-state index >= 15 is 0 Å². The van der Waals surface area contributed by atoms with Crippen LogP contribution in [0.2, 0.25) is 0 Å². The van der Waals surface area contributed by atoms with Crippen LogP contribution in [0.5, 0.6) is 0 Å². The number of nitrogens with zero attached hydrogens (tertiary/aromatic N) is 2. The summed E-state index contributed by atoms with van der Waals surface area (Å²) in [7, 11) is 0. The molecule has 0 spiro atoms. The van der Waals surface area contributed by atoms with Crippen molar-refractivity contribution in [2.75, 3.05) is 11.4 Å². The molecule has 3 atom stereocenters. The van der Waals surface area contributed by atoms with Gasteiger partial charge in [-0.1, -0.05) is 97.1 Å². The first-order valence-corrected chi connectivity index (χ1v) is 13.6. The van der Waals surface area contributed by atoms with Crippen LogP contribution in [0.4, 0.5) is 5.69 Å². The first-order chi connectivity index (χ1) is 18.3. The predicted octanol–water partition coefficient (Wildman–Crippen LogP) is 7.77. The van der Waals surface area contributed by atoms with Crippen molar-refractivity contribution in [2.24, 2.45) is 11.8 Å². The Morgan fingerprint density at radius 2 is 1.22 bits per heavy atom. The Morgan fingerprint density at radius 3 is 1.89 bits per heavy atom. The second-order valence-corrected chi connectivity index (χ2v) is 10.4. The molecule has 0 aliphatic carbocycles. The topological polar surface area (TPSA) is 16.1 Å². The van der Waals surface area contributed by atoms with Gasteiger partial charge in [-0.25, -0.2) is 0 Å². The van der Waals surface area contributed by atoms with Crippen LogP contribution < -0.4 is 4.90 Å². The quantitative estimate of drug-likeness (QED) is 0.235. The van der Waals surface area contributed by atoms with Crippen molar-refractivity contribution in [1.82, 2.24) is 4.98 Å². The van der Waals surface area contributed by atoms with E-state index in [-0.39, 0.29) is 0 Å². The molecule has 2 heteroatoms. The monoisotopic (exact) mass is 482 g/mol. The van der Waals surface area contributed by atoms with Gasteiger partial charge in [0.25, 0.3) is 0 Å². The highest BCUT2D eigenvalue weighted by Crippen LogP contribution is 2.40. The first-order valence-electron chi connectivity index (χ1n) is 13.6. The number of hydrogen-bond donors (Lipinski definition) is 0. The summed E-state index contributed by atoms with van der Waals surface area (Å²) in [6.45, 7) is 1.06. The number of anilines is 1. The standard InChI is InChI=1S/C35H34N2/c1-4-12-27(13-5-1)24-30-21-23-37(34-20-10-19-33-31(34)18-11-22-36-33)35(26-29-16-8-3-9-17-29)32(30)25-28-14-6-2-7-15-28/h1-20,22,30,32,35H,21,23-26H2. The average molecular weight is 483 g/mol. The Balaban J connectivity index is 1.43. The summed E-state index contributed by atoms with van der Waals surface area (Å²) in [6, 6.07) is 44.6. The Morgan fingerprint density at radius 1 is 0.595 bits per heavy atom. The van der Waals surface area contributed by atoms with Crippen LogP contribution in [0, 0.1) is 11.8 Å². The van der Waals surface area contributed by atoms with E-state index in [1.807, 2.05) is 6.20 Å². The fraction of sp³-hybridized carbons (Fsp3) is 0.229. The van der Waals surface area contributed by atoms with E-state index in [0.29, 0.717) is 17.9 Å². The summed E-state index contributed by atoms with van der Waals surface area (Å²) < 4.78 is 0. The van der Waals surface area contributed by atoms with E-state index in [1.165, 1.54) is 34.2 Å². The molecule has 1 fully saturated rings. The molecule has 0 radical (unpaired) electrons. The third-order valence-corrected chi connectivity index (χ3v) is 8.12. The lowest BCUT2D eigenvalue weighted by atomic mass is 9.71. The molecule has 3 unspecified atom stereocenters. The Hall–Kier alpha value is -3.91. The lowest BCUT2D eigenvalue weighted by Crippen LogP contribution is -2.51. The SMILES string of the molecule is c1ccc(CC2CCN(c3cccc4ncccc34)C(Cc3ccccc3)C2Cc2ccccc2)cc1. The van der Waals surface area contributed by atoms with Gasteiger partial charge in [-0.15, -0.1) is 0 Å². The molecule has 5 aromatic rings. The molecule has 1 saturated heterocycles. The normalized spacial score (nSPS) is 19.7. The molecule has 2 heterocycles. The molecule has 2 nitrogen and oxygen atoms in total. The number of piperidine rings is 1. The van der Waals surface area contributed by atoms with Gasteiger partial charge in [0.15, 0.2) is 0 Å². The van der Waals surface area contributed by atoms with Gasteiger partial charge >= 0.3 is 0 Å². The zero-order chi connectivity index (χ0) is 24.9. The first kappa shape index (κ1) is 23.5. The molecule has 1 aliphatic rings. The lowest BCUT2D eigenvalue weighted by Gasteiger charge is -2.48. The minimum absolute atomic E-state index is 0.399. The smallest absolute Gasteiger partial charge is 0.0722 e. The van der Waals surface area contributed by atoms with E-state index < -0.39 is 0 Å². The van der Waals surface area contributed by atoms with Crippen molar-refractivity contribution >= 4 is 16.6 Å². The van der Waals surface area contributed by atoms with Crippen molar-refractivity contribution in [3.05, 3.63) is 144 Å². The van der Waals surface area contributed by atoms with Crippen LogP contribution in [0.3, 0.4) is 0 Å². The molecule has 6 rings (SSSR count). The zero-order valence-electron chi connectivity index (χ0n) is 21.3. The highest BCUT2D eigenvalue weighted by atomic mass is 15.2. The van der Waals surface area contributed by atoms with E-state index in [0.717, 1.165) is 31.3 Å². The summed E-state index contributed by atoms with van der Waals surface area (Å²) in [5.74, 6) is 1.16. The van der Waals surface area contributed by atoms with Crippen LogP contribution >= 0.6 is 0 Å². The van der Waals surface area contributed by atoms with Crippen molar-refractivity contribution in [3.8, 4) is 0 Å². The summed E-state index contributed by atoms with van der Waals surface area (Å²) >= 11 is 0. The Labute approximate surface area is 220 Å². The summed E-state index contributed by atoms with van der Waals surface area (Å²) in [5.41, 5.74) is 6.69. The van der Waals surface area contributed by atoms with Gasteiger partial charge in [-0.3, -0.25) is 4.98 Å². The molecule has 4 aromatic carbocycles. The zero-order valence-corrected chi connectivity index (χ0v) is 21.3. The summed E-state index contributed by atoms with van der Waals surface area (Å²) in [5, 5.41) is 1.25. The molecule has 0 bridgehead atoms. The number of benzene rings is 4. The van der Waals surface area contributed by atoms with E-state index in [9.17, 15) is 0 Å². The van der Waals surface area contributed by atoms with Gasteiger partial charge in [0.1, 0.15) is 0 Å². The van der Waals surface area contributed by atoms with E-state index in [2.05, 4.69) is 131 Å². The third-order valence-electron chi connectivity index (χ3n) is 8.12. The van der Waals surface area contributed by atoms with Gasteiger partial charge in [0, 0.05) is 29.9 Å². The number of hydrogen-bond acceptors (Lipinski definition) is 2. The maximum Gasteiger partial charge on any atom is 0.0722 e. The number of pyridine rings is 1. The maximum absolute atomic E-state index is 4.68. The Kier molecular flexibility index (Phi) is 6.99. The molecule has 0 amide bonds. The summed E-state index contributed by atoms with van der Waals surface area (Å²) in [4.78, 5) is 7.39. The van der Waals surface area contributed by atoms with Crippen LogP contribution in [0.15, 0.2) is 128 Å². The van der Waals surface area contributed by atoms with Crippen molar-refractivity contribution in [3.63, 3.8) is 0 Å². The maximum atomic E-state index is 4.68. The number of rotatable bonds is 7. The van der Waals surface area contributed by atoms with Crippen LogP contribution in [-0.4, -0.2) is 17.6 Å². The van der Waals surface area contributed by atoms with Crippen molar-refractivity contribution < 1.29 is 0 Å². The molecule has 0 saturated carbocycles. The molecular weight excluding hydrogens is 448 g/mol. The minimum Gasteiger partial charge on any atom is -0.367 e. The van der Waals surface area contributed by atoms with Gasteiger partial charge < -0.3 is 4.90 Å². The number of aromatic nitrogens is 1. The molecule has 37 heavy (non-hydrogen) atoms. The molecule has 0 N–H and O–H groups in total. The van der Waals surface area contributed by atoms with E-state index in [4.69, 9.17) is 0 Å². The third kappa shape index (κ3) is 5.29. The van der Waals surface area contributed by atoms with Gasteiger partial charge in [0.05, 0.1) is 5.52 Å². The minimum atomic E-state index is 0.399. The highest BCUT2D eigenvalue weighted by Gasteiger charge is 2.38. The Bertz CT molecular complexity index is 1410. The second-order valence-electron chi connectivity index (χ2n) is 10.4. The lowest BCUT2D eigenvalue weighted by molar-refractivity contribution is 0.213. The van der Waals surface area contributed by atoms with Gasteiger partial charge in [0.2, 0.25) is 0 Å². The summed E-state index contributed by atoms with van der Waals surface area (Å²) in [6.07, 6.45) is 6.36. The van der Waals surface area contributed by atoms with Crippen molar-refractivity contribution in [2.45, 2.75) is 31.7 Å². The average Bonchev–Trinajstić information content (AvgIpc) is 2.96. The molecular formula is C35H34N2. The molecule has 1 aliphatic heterocycles.